The Bertz CT molecular complexity index is 487. The van der Waals surface area contributed by atoms with Crippen molar-refractivity contribution in [1.82, 2.24) is 4.98 Å². The maximum Gasteiger partial charge on any atom is 0.127 e. The number of nitrogens with zero attached hydrogens (tertiary/aromatic N) is 1. The van der Waals surface area contributed by atoms with Gasteiger partial charge in [0, 0.05) is 23.4 Å². The van der Waals surface area contributed by atoms with Crippen LogP contribution in [0.3, 0.4) is 0 Å². The molecular weight excluding hydrogens is 258 g/mol. The molecule has 2 nitrogen and oxygen atoms in total. The molecule has 0 aromatic carbocycles. The number of hydrogen-bond acceptors (Lipinski definition) is 2. The third-order valence-electron chi connectivity index (χ3n) is 5.99. The molecule has 1 heterocycles. The summed E-state index contributed by atoms with van der Waals surface area (Å²) in [6.07, 6.45) is 7.70. The molecule has 0 saturated heterocycles. The summed E-state index contributed by atoms with van der Waals surface area (Å²) in [4.78, 5) is 4.12. The van der Waals surface area contributed by atoms with Gasteiger partial charge < -0.3 is 4.74 Å². The lowest BCUT2D eigenvalue weighted by Crippen LogP contribution is -2.39. The molecule has 2 saturated carbocycles. The average molecular weight is 280 g/mol. The first-order chi connectivity index (χ1) is 8.99. The third kappa shape index (κ3) is 1.79. The van der Waals surface area contributed by atoms with E-state index in [9.17, 15) is 0 Å². The Morgan fingerprint density at radius 3 is 2.79 bits per heavy atom. The molecule has 1 aromatic rings. The molecule has 2 fully saturated rings. The predicted molar refractivity (Wildman–Crippen MR) is 77.4 cm³/mol. The zero-order chi connectivity index (χ0) is 13.7. The second kappa shape index (κ2) is 4.37. The van der Waals surface area contributed by atoms with Crippen LogP contribution in [0, 0.1) is 16.7 Å². The average Bonchev–Trinajstić information content (AvgIpc) is 2.72. The van der Waals surface area contributed by atoms with Gasteiger partial charge in [0.25, 0.3) is 0 Å². The highest BCUT2D eigenvalue weighted by atomic mass is 35.5. The van der Waals surface area contributed by atoms with Gasteiger partial charge in [0.2, 0.25) is 0 Å². The number of halogens is 1. The molecule has 104 valence electrons. The van der Waals surface area contributed by atoms with E-state index in [-0.39, 0.29) is 5.41 Å². The standard InChI is InChI=1S/C16H22ClNO/c1-15(2)12-4-6-16(15,3)14(8-12)19-13-5-7-18-10-11(13)9-17/h5,7,10,12,14H,4,6,8-9H2,1-3H3. The van der Waals surface area contributed by atoms with Crippen LogP contribution in [-0.2, 0) is 5.88 Å². The summed E-state index contributed by atoms with van der Waals surface area (Å²) in [5.41, 5.74) is 1.66. The fourth-order valence-corrected chi connectivity index (χ4v) is 4.29. The first kappa shape index (κ1) is 13.2. The van der Waals surface area contributed by atoms with Gasteiger partial charge >= 0.3 is 0 Å². The van der Waals surface area contributed by atoms with Crippen LogP contribution in [0.1, 0.15) is 45.6 Å². The van der Waals surface area contributed by atoms with Gasteiger partial charge in [-0.05, 0) is 36.7 Å². The molecule has 0 N–H and O–H groups in total. The maximum absolute atomic E-state index is 6.35. The first-order valence-electron chi connectivity index (χ1n) is 7.14. The third-order valence-corrected chi connectivity index (χ3v) is 6.27. The van der Waals surface area contributed by atoms with Gasteiger partial charge in [0.05, 0.1) is 5.88 Å². The number of rotatable bonds is 3. The highest BCUT2D eigenvalue weighted by Crippen LogP contribution is 2.66. The summed E-state index contributed by atoms with van der Waals surface area (Å²) >= 11 is 5.97. The minimum atomic E-state index is 0.282. The molecule has 3 heteroatoms. The molecule has 3 atom stereocenters. The molecule has 2 aliphatic carbocycles. The Morgan fingerprint density at radius 1 is 1.42 bits per heavy atom. The highest BCUT2D eigenvalue weighted by molar-refractivity contribution is 6.17. The zero-order valence-electron chi connectivity index (χ0n) is 11.9. The van der Waals surface area contributed by atoms with E-state index in [4.69, 9.17) is 16.3 Å². The van der Waals surface area contributed by atoms with Crippen LogP contribution >= 0.6 is 11.6 Å². The molecule has 0 spiro atoms. The smallest absolute Gasteiger partial charge is 0.127 e. The first-order valence-corrected chi connectivity index (χ1v) is 7.68. The molecular formula is C16H22ClNO. The fraction of sp³-hybridized carbons (Fsp3) is 0.688. The lowest BCUT2D eigenvalue weighted by molar-refractivity contribution is 0.0296. The van der Waals surface area contributed by atoms with Crippen molar-refractivity contribution in [2.75, 3.05) is 0 Å². The minimum Gasteiger partial charge on any atom is -0.489 e. The van der Waals surface area contributed by atoms with Crippen molar-refractivity contribution >= 4 is 11.6 Å². The molecule has 2 bridgehead atoms. The van der Waals surface area contributed by atoms with Crippen molar-refractivity contribution in [1.29, 1.82) is 0 Å². The number of hydrogen-bond donors (Lipinski definition) is 0. The van der Waals surface area contributed by atoms with Crippen molar-refractivity contribution in [2.24, 2.45) is 16.7 Å². The normalized spacial score (nSPS) is 35.6. The summed E-state index contributed by atoms with van der Waals surface area (Å²) in [6.45, 7) is 7.21. The molecule has 0 amide bonds. The van der Waals surface area contributed by atoms with Gasteiger partial charge in [-0.1, -0.05) is 20.8 Å². The van der Waals surface area contributed by atoms with Crippen LogP contribution in [-0.4, -0.2) is 11.1 Å². The van der Waals surface area contributed by atoms with E-state index < -0.39 is 0 Å². The van der Waals surface area contributed by atoms with Crippen LogP contribution in [0.2, 0.25) is 0 Å². The highest BCUT2D eigenvalue weighted by Gasteiger charge is 2.62. The summed E-state index contributed by atoms with van der Waals surface area (Å²) in [5.74, 6) is 2.17. The molecule has 3 rings (SSSR count). The van der Waals surface area contributed by atoms with Gasteiger partial charge in [-0.2, -0.15) is 0 Å². The lowest BCUT2D eigenvalue weighted by Gasteiger charge is -2.39. The summed E-state index contributed by atoms with van der Waals surface area (Å²) in [7, 11) is 0. The topological polar surface area (TPSA) is 22.1 Å². The summed E-state index contributed by atoms with van der Waals surface area (Å²) in [6, 6.07) is 1.94. The van der Waals surface area contributed by atoms with Crippen molar-refractivity contribution in [3.63, 3.8) is 0 Å². The molecule has 1 aromatic heterocycles. The van der Waals surface area contributed by atoms with Gasteiger partial charge in [0.15, 0.2) is 0 Å². The van der Waals surface area contributed by atoms with E-state index in [1.54, 1.807) is 6.20 Å². The van der Waals surface area contributed by atoms with E-state index in [2.05, 4.69) is 25.8 Å². The number of alkyl halides is 1. The Hall–Kier alpha value is -0.760. The lowest BCUT2D eigenvalue weighted by atomic mass is 9.70. The van der Waals surface area contributed by atoms with Crippen molar-refractivity contribution in [2.45, 2.75) is 52.0 Å². The van der Waals surface area contributed by atoms with Crippen molar-refractivity contribution < 1.29 is 4.74 Å². The maximum atomic E-state index is 6.35. The Labute approximate surface area is 120 Å². The second-order valence-corrected chi connectivity index (χ2v) is 7.10. The Morgan fingerprint density at radius 2 is 2.21 bits per heavy atom. The largest absolute Gasteiger partial charge is 0.489 e. The van der Waals surface area contributed by atoms with Crippen LogP contribution < -0.4 is 4.74 Å². The number of aromatic nitrogens is 1. The van der Waals surface area contributed by atoms with Crippen LogP contribution in [0.4, 0.5) is 0 Å². The van der Waals surface area contributed by atoms with E-state index in [1.807, 2.05) is 12.3 Å². The fourth-order valence-electron chi connectivity index (χ4n) is 4.09. The van der Waals surface area contributed by atoms with Gasteiger partial charge in [0.1, 0.15) is 11.9 Å². The zero-order valence-corrected chi connectivity index (χ0v) is 12.7. The monoisotopic (exact) mass is 279 g/mol. The van der Waals surface area contributed by atoms with Crippen LogP contribution in [0.25, 0.3) is 0 Å². The van der Waals surface area contributed by atoms with Crippen LogP contribution in [0.15, 0.2) is 18.5 Å². The SMILES string of the molecule is CC1(C)C2CCC1(C)C(Oc1ccncc1CCl)C2. The van der Waals surface area contributed by atoms with Gasteiger partial charge in [-0.3, -0.25) is 4.98 Å². The van der Waals surface area contributed by atoms with E-state index >= 15 is 0 Å². The summed E-state index contributed by atoms with van der Waals surface area (Å²) in [5, 5.41) is 0. The number of pyridine rings is 1. The minimum absolute atomic E-state index is 0.282. The Balaban J connectivity index is 1.86. The molecule has 0 aliphatic heterocycles. The van der Waals surface area contributed by atoms with Gasteiger partial charge in [-0.15, -0.1) is 11.6 Å². The molecule has 3 unspecified atom stereocenters. The van der Waals surface area contributed by atoms with Gasteiger partial charge in [-0.25, -0.2) is 0 Å². The summed E-state index contributed by atoms with van der Waals surface area (Å²) < 4.78 is 6.35. The Kier molecular flexibility index (Phi) is 3.05. The van der Waals surface area contributed by atoms with E-state index in [0.29, 0.717) is 17.4 Å². The van der Waals surface area contributed by atoms with E-state index in [1.165, 1.54) is 19.3 Å². The number of ether oxygens (including phenoxy) is 1. The number of fused-ring (bicyclic) bond motifs is 2. The van der Waals surface area contributed by atoms with Crippen molar-refractivity contribution in [3.05, 3.63) is 24.0 Å². The second-order valence-electron chi connectivity index (χ2n) is 6.83. The molecule has 0 radical (unpaired) electrons. The van der Waals surface area contributed by atoms with E-state index in [0.717, 1.165) is 17.2 Å². The predicted octanol–water partition coefficient (Wildman–Crippen LogP) is 4.41. The quantitative estimate of drug-likeness (QED) is 0.765. The van der Waals surface area contributed by atoms with Crippen LogP contribution in [0.5, 0.6) is 5.75 Å². The molecule has 2 aliphatic rings. The molecule has 19 heavy (non-hydrogen) atoms. The van der Waals surface area contributed by atoms with Crippen molar-refractivity contribution in [3.8, 4) is 5.75 Å².